The van der Waals surface area contributed by atoms with Gasteiger partial charge in [0.2, 0.25) is 0 Å². The second kappa shape index (κ2) is 9.42. The summed E-state index contributed by atoms with van der Waals surface area (Å²) >= 11 is 0. The number of amides is 3. The molecule has 6 nitrogen and oxygen atoms in total. The normalized spacial score (nSPS) is 21.8. The maximum atomic E-state index is 13.3. The van der Waals surface area contributed by atoms with E-state index in [1.165, 1.54) is 6.42 Å². The minimum Gasteiger partial charge on any atom is -0.480 e. The van der Waals surface area contributed by atoms with Crippen molar-refractivity contribution in [1.29, 1.82) is 0 Å². The lowest BCUT2D eigenvalue weighted by atomic mass is 9.84. The molecule has 2 atom stereocenters. The maximum Gasteiger partial charge on any atom is 0.328 e. The average molecular weight is 401 g/mol. The Labute approximate surface area is 172 Å². The number of carboxylic acid groups (broad SMARTS) is 1. The lowest BCUT2D eigenvalue weighted by Gasteiger charge is -2.28. The third-order valence-corrected chi connectivity index (χ3v) is 6.12. The molecule has 1 heterocycles. The molecule has 1 aromatic rings. The highest BCUT2D eigenvalue weighted by atomic mass is 16.4. The van der Waals surface area contributed by atoms with Crippen LogP contribution in [0.4, 0.5) is 4.79 Å². The summed E-state index contributed by atoms with van der Waals surface area (Å²) in [5.74, 6) is -0.959. The molecule has 0 spiro atoms. The standard InChI is InChI=1S/C23H32N2O4/c1-16(2)13-19-21(26)25(20(22(27)28)14-17-9-5-3-6-10-17)23(29)24(19)15-18-11-7-4-8-12-18/h4,7-8,11-12,16-17,19-20H,3,5-6,9-10,13-15H2,1-2H3,(H,27,28). The zero-order chi connectivity index (χ0) is 21.0. The van der Waals surface area contributed by atoms with Gasteiger partial charge in [0.15, 0.2) is 0 Å². The van der Waals surface area contributed by atoms with Gasteiger partial charge in [-0.1, -0.05) is 76.3 Å². The van der Waals surface area contributed by atoms with E-state index in [1.54, 1.807) is 4.90 Å². The van der Waals surface area contributed by atoms with Gasteiger partial charge in [-0.2, -0.15) is 0 Å². The second-order valence-electron chi connectivity index (χ2n) is 8.84. The smallest absolute Gasteiger partial charge is 0.328 e. The predicted molar refractivity (Wildman–Crippen MR) is 110 cm³/mol. The highest BCUT2D eigenvalue weighted by Crippen LogP contribution is 2.32. The Morgan fingerprint density at radius 2 is 1.72 bits per heavy atom. The van der Waals surface area contributed by atoms with Gasteiger partial charge in [-0.3, -0.25) is 4.79 Å². The fourth-order valence-electron chi connectivity index (χ4n) is 4.63. The second-order valence-corrected chi connectivity index (χ2v) is 8.84. The number of carbonyl (C=O) groups excluding carboxylic acids is 2. The topological polar surface area (TPSA) is 77.9 Å². The number of hydrogen-bond acceptors (Lipinski definition) is 3. The molecule has 1 N–H and O–H groups in total. The Kier molecular flexibility index (Phi) is 6.93. The molecular weight excluding hydrogens is 368 g/mol. The number of imide groups is 1. The number of nitrogens with zero attached hydrogens (tertiary/aromatic N) is 2. The van der Waals surface area contributed by atoms with Crippen LogP contribution in [0.15, 0.2) is 30.3 Å². The van der Waals surface area contributed by atoms with Crippen LogP contribution in [0.3, 0.4) is 0 Å². The minimum absolute atomic E-state index is 0.219. The molecule has 3 rings (SSSR count). The van der Waals surface area contributed by atoms with Gasteiger partial charge in [0.05, 0.1) is 0 Å². The quantitative estimate of drug-likeness (QED) is 0.660. The van der Waals surface area contributed by atoms with Crippen molar-refractivity contribution in [3.05, 3.63) is 35.9 Å². The van der Waals surface area contributed by atoms with Gasteiger partial charge in [-0.25, -0.2) is 14.5 Å². The summed E-state index contributed by atoms with van der Waals surface area (Å²) < 4.78 is 0. The molecule has 3 amide bonds. The third kappa shape index (κ3) is 4.98. The fourth-order valence-corrected chi connectivity index (χ4v) is 4.63. The predicted octanol–water partition coefficient (Wildman–Crippen LogP) is 4.29. The summed E-state index contributed by atoms with van der Waals surface area (Å²) in [6.07, 6.45) is 6.21. The van der Waals surface area contributed by atoms with Crippen LogP contribution < -0.4 is 0 Å². The van der Waals surface area contributed by atoms with Crippen LogP contribution in [-0.2, 0) is 16.1 Å². The van der Waals surface area contributed by atoms with Crippen LogP contribution >= 0.6 is 0 Å². The van der Waals surface area contributed by atoms with Gasteiger partial charge in [-0.15, -0.1) is 0 Å². The van der Waals surface area contributed by atoms with Gasteiger partial charge in [0.1, 0.15) is 12.1 Å². The van der Waals surface area contributed by atoms with Gasteiger partial charge in [0.25, 0.3) is 5.91 Å². The highest BCUT2D eigenvalue weighted by Gasteiger charge is 2.50. The molecule has 0 bridgehead atoms. The van der Waals surface area contributed by atoms with Gasteiger partial charge in [0, 0.05) is 6.54 Å². The van der Waals surface area contributed by atoms with E-state index in [2.05, 4.69) is 0 Å². The van der Waals surface area contributed by atoms with E-state index < -0.39 is 24.1 Å². The zero-order valence-electron chi connectivity index (χ0n) is 17.4. The molecule has 1 saturated carbocycles. The first kappa shape index (κ1) is 21.3. The van der Waals surface area contributed by atoms with Crippen molar-refractivity contribution in [2.75, 3.05) is 0 Å². The average Bonchev–Trinajstić information content (AvgIpc) is 2.91. The number of carbonyl (C=O) groups is 3. The van der Waals surface area contributed by atoms with E-state index >= 15 is 0 Å². The molecule has 0 radical (unpaired) electrons. The van der Waals surface area contributed by atoms with E-state index in [0.29, 0.717) is 19.4 Å². The first-order chi connectivity index (χ1) is 13.9. The maximum absolute atomic E-state index is 13.3. The molecule has 6 heteroatoms. The molecule has 2 fully saturated rings. The Morgan fingerprint density at radius 1 is 1.07 bits per heavy atom. The lowest BCUT2D eigenvalue weighted by molar-refractivity contribution is -0.147. The number of benzene rings is 1. The lowest BCUT2D eigenvalue weighted by Crippen LogP contribution is -2.47. The Morgan fingerprint density at radius 3 is 2.31 bits per heavy atom. The van der Waals surface area contributed by atoms with Gasteiger partial charge >= 0.3 is 12.0 Å². The monoisotopic (exact) mass is 400 g/mol. The molecule has 1 aliphatic carbocycles. The van der Waals surface area contributed by atoms with Crippen LogP contribution in [0.1, 0.15) is 64.4 Å². The molecule has 1 aliphatic heterocycles. The number of carboxylic acids is 1. The number of hydrogen-bond donors (Lipinski definition) is 1. The van der Waals surface area contributed by atoms with Crippen LogP contribution in [0, 0.1) is 11.8 Å². The van der Waals surface area contributed by atoms with Crippen LogP contribution in [0.25, 0.3) is 0 Å². The van der Waals surface area contributed by atoms with Gasteiger partial charge < -0.3 is 10.0 Å². The first-order valence-electron chi connectivity index (χ1n) is 10.8. The highest BCUT2D eigenvalue weighted by molar-refractivity contribution is 6.06. The Balaban J connectivity index is 1.85. The van der Waals surface area contributed by atoms with Crippen molar-refractivity contribution in [2.24, 2.45) is 11.8 Å². The third-order valence-electron chi connectivity index (χ3n) is 6.12. The summed E-state index contributed by atoms with van der Waals surface area (Å²) in [6, 6.07) is 7.40. The number of rotatable bonds is 8. The van der Waals surface area contributed by atoms with Crippen molar-refractivity contribution < 1.29 is 19.5 Å². The van der Waals surface area contributed by atoms with Crippen molar-refractivity contribution >= 4 is 17.9 Å². The SMILES string of the molecule is CC(C)CC1C(=O)N(C(CC2CCCCC2)C(=O)O)C(=O)N1Cc1ccccc1. The van der Waals surface area contributed by atoms with E-state index in [4.69, 9.17) is 0 Å². The first-order valence-corrected chi connectivity index (χ1v) is 10.8. The fraction of sp³-hybridized carbons (Fsp3) is 0.609. The summed E-state index contributed by atoms with van der Waals surface area (Å²) in [5.41, 5.74) is 0.934. The van der Waals surface area contributed by atoms with E-state index in [0.717, 1.165) is 36.1 Å². The Bertz CT molecular complexity index is 728. The van der Waals surface area contributed by atoms with E-state index in [1.807, 2.05) is 44.2 Å². The van der Waals surface area contributed by atoms with E-state index in [9.17, 15) is 19.5 Å². The Hall–Kier alpha value is -2.37. The number of urea groups is 1. The molecule has 1 saturated heterocycles. The van der Waals surface area contributed by atoms with Crippen molar-refractivity contribution in [1.82, 2.24) is 9.80 Å². The molecule has 2 unspecified atom stereocenters. The molecule has 2 aliphatic rings. The molecule has 0 aromatic heterocycles. The summed E-state index contributed by atoms with van der Waals surface area (Å²) in [6.45, 7) is 4.34. The molecule has 29 heavy (non-hydrogen) atoms. The molecule has 1 aromatic carbocycles. The van der Waals surface area contributed by atoms with Crippen molar-refractivity contribution in [3.8, 4) is 0 Å². The zero-order valence-corrected chi connectivity index (χ0v) is 17.4. The largest absolute Gasteiger partial charge is 0.480 e. The summed E-state index contributed by atoms with van der Waals surface area (Å²) in [4.78, 5) is 41.2. The minimum atomic E-state index is -1.08. The van der Waals surface area contributed by atoms with Crippen molar-refractivity contribution in [3.63, 3.8) is 0 Å². The van der Waals surface area contributed by atoms with Crippen LogP contribution in [0.5, 0.6) is 0 Å². The van der Waals surface area contributed by atoms with Crippen molar-refractivity contribution in [2.45, 2.75) is 77.4 Å². The van der Waals surface area contributed by atoms with Crippen LogP contribution in [-0.4, -0.2) is 44.9 Å². The molecule has 158 valence electrons. The molecular formula is C23H32N2O4. The van der Waals surface area contributed by atoms with Gasteiger partial charge in [-0.05, 0) is 30.2 Å². The van der Waals surface area contributed by atoms with Crippen LogP contribution in [0.2, 0.25) is 0 Å². The van der Waals surface area contributed by atoms with E-state index in [-0.39, 0.29) is 17.7 Å². The number of aliphatic carboxylic acids is 1. The summed E-state index contributed by atoms with van der Waals surface area (Å²) in [7, 11) is 0. The summed E-state index contributed by atoms with van der Waals surface area (Å²) in [5, 5.41) is 9.88.